The molecular formula is C24H24N2O5. The number of nitrogens with zero attached hydrogens (tertiary/aromatic N) is 1. The largest absolute Gasteiger partial charge is 0.497 e. The highest BCUT2D eigenvalue weighted by molar-refractivity contribution is 6.22. The number of hydrogen-bond donors (Lipinski definition) is 1. The molecule has 2 aliphatic carbocycles. The van der Waals surface area contributed by atoms with Crippen LogP contribution in [0.15, 0.2) is 42.5 Å². The van der Waals surface area contributed by atoms with E-state index in [1.807, 2.05) is 0 Å². The van der Waals surface area contributed by atoms with E-state index in [1.165, 1.54) is 12.0 Å². The van der Waals surface area contributed by atoms with Crippen molar-refractivity contribution in [3.8, 4) is 11.5 Å². The monoisotopic (exact) mass is 420 g/mol. The highest BCUT2D eigenvalue weighted by Gasteiger charge is 2.61. The molecule has 3 amide bonds. The molecule has 3 fully saturated rings. The topological polar surface area (TPSA) is 84.9 Å². The molecule has 4 atom stereocenters. The first kappa shape index (κ1) is 19.6. The van der Waals surface area contributed by atoms with Gasteiger partial charge in [-0.25, -0.2) is 0 Å². The fraction of sp³-hybridized carbons (Fsp3) is 0.375. The summed E-state index contributed by atoms with van der Waals surface area (Å²) in [6.07, 6.45) is 3.10. The minimum Gasteiger partial charge on any atom is -0.497 e. The van der Waals surface area contributed by atoms with Gasteiger partial charge in [0.05, 0.1) is 37.4 Å². The van der Waals surface area contributed by atoms with Crippen molar-refractivity contribution in [1.29, 1.82) is 0 Å². The molecule has 2 saturated carbocycles. The number of imide groups is 1. The summed E-state index contributed by atoms with van der Waals surface area (Å²) in [5.41, 5.74) is 1.43. The van der Waals surface area contributed by atoms with Crippen molar-refractivity contribution in [1.82, 2.24) is 0 Å². The molecular weight excluding hydrogens is 396 g/mol. The van der Waals surface area contributed by atoms with Gasteiger partial charge in [0.15, 0.2) is 0 Å². The van der Waals surface area contributed by atoms with Crippen molar-refractivity contribution in [3.63, 3.8) is 0 Å². The Kier molecular flexibility index (Phi) is 4.68. The standard InChI is InChI=1S/C24H24N2O5/c1-30-17-9-10-19(31-2)18(12-17)25-22(27)13-5-7-16(8-6-13)26-23(28)20-14-3-4-15(11-14)21(20)24(26)29/h5-10,12,14-15,20-21H,3-4,11H2,1-2H3,(H,25,27)/t14-,15-,20-,21+/m0/s1. The lowest BCUT2D eigenvalue weighted by molar-refractivity contribution is -0.123. The van der Waals surface area contributed by atoms with E-state index in [-0.39, 0.29) is 29.6 Å². The minimum atomic E-state index is -0.327. The van der Waals surface area contributed by atoms with Crippen molar-refractivity contribution in [2.24, 2.45) is 23.7 Å². The van der Waals surface area contributed by atoms with Crippen LogP contribution in [0, 0.1) is 23.7 Å². The van der Waals surface area contributed by atoms with Gasteiger partial charge in [0.2, 0.25) is 11.8 Å². The Morgan fingerprint density at radius 2 is 1.58 bits per heavy atom. The van der Waals surface area contributed by atoms with E-state index < -0.39 is 0 Å². The van der Waals surface area contributed by atoms with Gasteiger partial charge in [0, 0.05) is 11.6 Å². The van der Waals surface area contributed by atoms with Gasteiger partial charge in [-0.3, -0.25) is 19.3 Å². The number of fused-ring (bicyclic) bond motifs is 5. The molecule has 160 valence electrons. The third kappa shape index (κ3) is 3.07. The summed E-state index contributed by atoms with van der Waals surface area (Å²) < 4.78 is 10.5. The predicted molar refractivity (Wildman–Crippen MR) is 114 cm³/mol. The first-order chi connectivity index (χ1) is 15.0. The average Bonchev–Trinajstić information content (AvgIpc) is 3.47. The third-order valence-corrected chi connectivity index (χ3v) is 6.97. The van der Waals surface area contributed by atoms with Crippen LogP contribution < -0.4 is 19.7 Å². The molecule has 3 aliphatic rings. The number of methoxy groups -OCH3 is 2. The molecule has 7 nitrogen and oxygen atoms in total. The Morgan fingerprint density at radius 3 is 2.16 bits per heavy atom. The summed E-state index contributed by atoms with van der Waals surface area (Å²) in [4.78, 5) is 40.0. The van der Waals surface area contributed by atoms with Crippen molar-refractivity contribution in [2.45, 2.75) is 19.3 Å². The molecule has 0 spiro atoms. The van der Waals surface area contributed by atoms with Crippen LogP contribution in [0.25, 0.3) is 0 Å². The normalized spacial score (nSPS) is 26.2. The van der Waals surface area contributed by atoms with E-state index in [0.717, 1.165) is 19.3 Å². The van der Waals surface area contributed by atoms with E-state index in [9.17, 15) is 14.4 Å². The Morgan fingerprint density at radius 1 is 0.935 bits per heavy atom. The number of amides is 3. The summed E-state index contributed by atoms with van der Waals surface area (Å²) in [6.45, 7) is 0. The van der Waals surface area contributed by atoms with Crippen LogP contribution in [-0.2, 0) is 9.59 Å². The number of nitrogens with one attached hydrogen (secondary N) is 1. The van der Waals surface area contributed by atoms with Gasteiger partial charge < -0.3 is 14.8 Å². The molecule has 2 bridgehead atoms. The minimum absolute atomic E-state index is 0.0829. The number of carbonyl (C=O) groups is 3. The molecule has 1 N–H and O–H groups in total. The van der Waals surface area contributed by atoms with Crippen LogP contribution in [0.5, 0.6) is 11.5 Å². The number of anilines is 2. The van der Waals surface area contributed by atoms with Crippen molar-refractivity contribution in [3.05, 3.63) is 48.0 Å². The number of hydrogen-bond acceptors (Lipinski definition) is 5. The van der Waals surface area contributed by atoms with Crippen LogP contribution in [0.2, 0.25) is 0 Å². The van der Waals surface area contributed by atoms with Crippen LogP contribution in [0.3, 0.4) is 0 Å². The highest BCUT2D eigenvalue weighted by Crippen LogP contribution is 2.56. The Hall–Kier alpha value is -3.35. The first-order valence-electron chi connectivity index (χ1n) is 10.5. The first-order valence-corrected chi connectivity index (χ1v) is 10.5. The van der Waals surface area contributed by atoms with E-state index in [1.54, 1.807) is 49.6 Å². The SMILES string of the molecule is COc1ccc(OC)c(NC(=O)c2ccc(N3C(=O)[C@@H]4[C@H]5CC[C@@H](C5)[C@@H]4C3=O)cc2)c1. The molecule has 2 aromatic rings. The highest BCUT2D eigenvalue weighted by atomic mass is 16.5. The molecule has 5 rings (SSSR count). The van der Waals surface area contributed by atoms with Gasteiger partial charge >= 0.3 is 0 Å². The number of carbonyl (C=O) groups excluding carboxylic acids is 3. The van der Waals surface area contributed by atoms with Gasteiger partial charge in [0.25, 0.3) is 5.91 Å². The molecule has 0 aromatic heterocycles. The number of rotatable bonds is 5. The summed E-state index contributed by atoms with van der Waals surface area (Å²) in [5.74, 6) is 0.994. The van der Waals surface area contributed by atoms with Crippen LogP contribution >= 0.6 is 0 Å². The van der Waals surface area contributed by atoms with E-state index in [2.05, 4.69) is 5.32 Å². The Balaban J connectivity index is 1.34. The second kappa shape index (κ2) is 7.41. The summed E-state index contributed by atoms with van der Waals surface area (Å²) in [5, 5.41) is 2.82. The van der Waals surface area contributed by atoms with Crippen molar-refractivity contribution in [2.75, 3.05) is 24.4 Å². The fourth-order valence-corrected chi connectivity index (χ4v) is 5.53. The Labute approximate surface area is 180 Å². The molecule has 0 unspecified atom stereocenters. The Bertz CT molecular complexity index is 1040. The zero-order chi connectivity index (χ0) is 21.7. The lowest BCUT2D eigenvalue weighted by atomic mass is 9.81. The second-order valence-electron chi connectivity index (χ2n) is 8.46. The smallest absolute Gasteiger partial charge is 0.255 e. The lowest BCUT2D eigenvalue weighted by Crippen LogP contribution is -2.32. The van der Waals surface area contributed by atoms with Crippen LogP contribution in [-0.4, -0.2) is 31.9 Å². The van der Waals surface area contributed by atoms with E-state index in [4.69, 9.17) is 9.47 Å². The summed E-state index contributed by atoms with van der Waals surface area (Å²) in [7, 11) is 3.07. The van der Waals surface area contributed by atoms with Crippen LogP contribution in [0.1, 0.15) is 29.6 Å². The van der Waals surface area contributed by atoms with E-state index >= 15 is 0 Å². The van der Waals surface area contributed by atoms with Crippen LogP contribution in [0.4, 0.5) is 11.4 Å². The maximum absolute atomic E-state index is 13.0. The van der Waals surface area contributed by atoms with Gasteiger partial charge in [-0.05, 0) is 67.5 Å². The summed E-state index contributed by atoms with van der Waals surface area (Å²) in [6, 6.07) is 11.7. The maximum Gasteiger partial charge on any atom is 0.255 e. The zero-order valence-corrected chi connectivity index (χ0v) is 17.5. The quantitative estimate of drug-likeness (QED) is 0.749. The average molecular weight is 420 g/mol. The number of benzene rings is 2. The van der Waals surface area contributed by atoms with Gasteiger partial charge in [-0.1, -0.05) is 0 Å². The predicted octanol–water partition coefficient (Wildman–Crippen LogP) is 3.49. The molecule has 7 heteroatoms. The molecule has 1 aliphatic heterocycles. The molecule has 1 heterocycles. The molecule has 1 saturated heterocycles. The van der Waals surface area contributed by atoms with Gasteiger partial charge in [0.1, 0.15) is 11.5 Å². The molecule has 31 heavy (non-hydrogen) atoms. The van der Waals surface area contributed by atoms with Crippen molar-refractivity contribution >= 4 is 29.1 Å². The van der Waals surface area contributed by atoms with E-state index in [0.29, 0.717) is 40.3 Å². The number of ether oxygens (including phenoxy) is 2. The van der Waals surface area contributed by atoms with Crippen molar-refractivity contribution < 1.29 is 23.9 Å². The van der Waals surface area contributed by atoms with Gasteiger partial charge in [-0.2, -0.15) is 0 Å². The molecule has 0 radical (unpaired) electrons. The molecule has 2 aromatic carbocycles. The summed E-state index contributed by atoms with van der Waals surface area (Å²) >= 11 is 0. The maximum atomic E-state index is 13.0. The van der Waals surface area contributed by atoms with Gasteiger partial charge in [-0.15, -0.1) is 0 Å². The lowest BCUT2D eigenvalue weighted by Gasteiger charge is -2.19. The zero-order valence-electron chi connectivity index (χ0n) is 17.5. The second-order valence-corrected chi connectivity index (χ2v) is 8.46. The third-order valence-electron chi connectivity index (χ3n) is 6.97. The fourth-order valence-electron chi connectivity index (χ4n) is 5.53.